The summed E-state index contributed by atoms with van der Waals surface area (Å²) in [5.41, 5.74) is 0. The largest absolute Gasteiger partial charge is 0.457 e. The minimum absolute atomic E-state index is 0.0138. The number of unbranched alkanes of at least 4 members (excludes halogenated alkanes) is 16. The van der Waals surface area contributed by atoms with E-state index < -0.39 is 24.4 Å². The van der Waals surface area contributed by atoms with Gasteiger partial charge < -0.3 is 24.8 Å². The second-order valence-electron chi connectivity index (χ2n) is 9.52. The normalized spacial score (nSPS) is 23.8. The van der Waals surface area contributed by atoms with E-state index in [0.717, 1.165) is 19.3 Å². The molecule has 0 aromatic heterocycles. The molecule has 0 aliphatic carbocycles. The Bertz CT molecular complexity index is 444. The van der Waals surface area contributed by atoms with Crippen LogP contribution in [0.25, 0.3) is 0 Å². The van der Waals surface area contributed by atoms with Crippen molar-refractivity contribution in [3.63, 3.8) is 0 Å². The summed E-state index contributed by atoms with van der Waals surface area (Å²) in [6, 6.07) is 0. The number of carbonyl (C=O) groups excluding carboxylic acids is 1. The Morgan fingerprint density at radius 2 is 1.12 bits per heavy atom. The van der Waals surface area contributed by atoms with Gasteiger partial charge in [-0.05, 0) is 6.42 Å². The third-order valence-corrected chi connectivity index (χ3v) is 6.46. The molecule has 1 heterocycles. The van der Waals surface area contributed by atoms with Gasteiger partial charge in [-0.3, -0.25) is 4.79 Å². The van der Waals surface area contributed by atoms with E-state index in [1.807, 2.05) is 0 Å². The van der Waals surface area contributed by atoms with Crippen LogP contribution in [0.1, 0.15) is 122 Å². The van der Waals surface area contributed by atoms with Gasteiger partial charge in [0, 0.05) is 6.42 Å². The van der Waals surface area contributed by atoms with Gasteiger partial charge in [-0.25, -0.2) is 0 Å². The second kappa shape index (κ2) is 19.7. The highest BCUT2D eigenvalue weighted by molar-refractivity contribution is 5.69. The summed E-state index contributed by atoms with van der Waals surface area (Å²) in [5.74, 6) is -0.387. The minimum atomic E-state index is -1.37. The average Bonchev–Trinajstić information content (AvgIpc) is 2.89. The highest BCUT2D eigenvalue weighted by Crippen LogP contribution is 2.17. The van der Waals surface area contributed by atoms with E-state index in [1.165, 1.54) is 89.9 Å². The highest BCUT2D eigenvalue weighted by atomic mass is 16.6. The maximum Gasteiger partial charge on any atom is 0.306 e. The first-order chi connectivity index (χ1) is 15.6. The lowest BCUT2D eigenvalue weighted by Crippen LogP contribution is -2.45. The summed E-state index contributed by atoms with van der Waals surface area (Å²) >= 11 is 0. The van der Waals surface area contributed by atoms with Gasteiger partial charge in [0.2, 0.25) is 0 Å². The fraction of sp³-hybridized carbons (Fsp3) is 0.962. The molecule has 0 aromatic rings. The number of carbonyl (C=O) groups is 1. The molecule has 0 unspecified atom stereocenters. The van der Waals surface area contributed by atoms with Gasteiger partial charge in [-0.1, -0.05) is 110 Å². The van der Waals surface area contributed by atoms with E-state index in [4.69, 9.17) is 9.47 Å². The predicted molar refractivity (Wildman–Crippen MR) is 127 cm³/mol. The van der Waals surface area contributed by atoms with Crippen molar-refractivity contribution in [1.82, 2.24) is 0 Å². The van der Waals surface area contributed by atoms with Crippen molar-refractivity contribution < 1.29 is 29.6 Å². The Morgan fingerprint density at radius 3 is 1.59 bits per heavy atom. The molecule has 0 bridgehead atoms. The van der Waals surface area contributed by atoms with Crippen LogP contribution in [0.4, 0.5) is 0 Å². The Balaban J connectivity index is 1.86. The van der Waals surface area contributed by atoms with Gasteiger partial charge in [0.1, 0.15) is 18.3 Å². The molecule has 0 amide bonds. The lowest BCUT2D eigenvalue weighted by molar-refractivity contribution is -0.163. The van der Waals surface area contributed by atoms with Crippen LogP contribution >= 0.6 is 0 Å². The molecular formula is C26H50O6. The zero-order valence-corrected chi connectivity index (χ0v) is 20.5. The Labute approximate surface area is 196 Å². The van der Waals surface area contributed by atoms with E-state index in [-0.39, 0.29) is 19.2 Å². The van der Waals surface area contributed by atoms with E-state index in [0.29, 0.717) is 6.42 Å². The second-order valence-corrected chi connectivity index (χ2v) is 9.52. The molecule has 1 saturated heterocycles. The van der Waals surface area contributed by atoms with Crippen LogP contribution in [-0.2, 0) is 14.3 Å². The first-order valence-corrected chi connectivity index (χ1v) is 13.4. The minimum Gasteiger partial charge on any atom is -0.457 e. The van der Waals surface area contributed by atoms with Gasteiger partial charge in [-0.15, -0.1) is 0 Å². The topological polar surface area (TPSA) is 96.2 Å². The quantitative estimate of drug-likeness (QED) is 0.185. The fourth-order valence-corrected chi connectivity index (χ4v) is 4.28. The molecule has 1 fully saturated rings. The number of rotatable bonds is 19. The van der Waals surface area contributed by atoms with E-state index in [2.05, 4.69) is 6.92 Å². The van der Waals surface area contributed by atoms with Crippen molar-refractivity contribution in [3.8, 4) is 0 Å². The van der Waals surface area contributed by atoms with Crippen LogP contribution in [0.3, 0.4) is 0 Å². The monoisotopic (exact) mass is 458 g/mol. The lowest BCUT2D eigenvalue weighted by Gasteiger charge is -2.24. The van der Waals surface area contributed by atoms with E-state index in [1.54, 1.807) is 0 Å². The molecule has 3 N–H and O–H groups in total. The summed E-state index contributed by atoms with van der Waals surface area (Å²) in [5, 5.41) is 29.3. The first-order valence-electron chi connectivity index (χ1n) is 13.4. The molecule has 1 rings (SSSR count). The van der Waals surface area contributed by atoms with Crippen LogP contribution < -0.4 is 0 Å². The smallest absolute Gasteiger partial charge is 0.306 e. The van der Waals surface area contributed by atoms with Crippen LogP contribution in [0.2, 0.25) is 0 Å². The molecule has 32 heavy (non-hydrogen) atoms. The Hall–Kier alpha value is -0.690. The summed E-state index contributed by atoms with van der Waals surface area (Å²) in [6.45, 7) is 2.18. The van der Waals surface area contributed by atoms with Gasteiger partial charge in [-0.2, -0.15) is 0 Å². The van der Waals surface area contributed by atoms with Gasteiger partial charge in [0.25, 0.3) is 0 Å². The summed E-state index contributed by atoms with van der Waals surface area (Å²) in [6.07, 6.45) is 17.5. The zero-order chi connectivity index (χ0) is 23.4. The third kappa shape index (κ3) is 14.5. The molecule has 0 spiro atoms. The van der Waals surface area contributed by atoms with Crippen molar-refractivity contribution in [1.29, 1.82) is 0 Å². The molecule has 0 radical (unpaired) electrons. The molecular weight excluding hydrogens is 408 g/mol. The molecule has 4 atom stereocenters. The first kappa shape index (κ1) is 29.3. The van der Waals surface area contributed by atoms with Crippen molar-refractivity contribution in [2.45, 2.75) is 147 Å². The summed E-state index contributed by atoms with van der Waals surface area (Å²) < 4.78 is 10.4. The standard InChI is InChI=1S/C26H50O6/c1-2-3-4-5-6-7-8-9-10-11-12-13-14-15-16-17-18-19-24(28)32-23-21-31-20-22(27)25(29)26(23)30/h22-23,25-27,29-30H,2-21H2,1H3/t22-,23-,25-,26-/m1/s1. The van der Waals surface area contributed by atoms with Gasteiger partial charge in [0.05, 0.1) is 13.2 Å². The molecule has 0 saturated carbocycles. The zero-order valence-electron chi connectivity index (χ0n) is 20.5. The maximum absolute atomic E-state index is 12.0. The van der Waals surface area contributed by atoms with Crippen LogP contribution in [0, 0.1) is 0 Å². The number of aliphatic hydroxyl groups excluding tert-OH is 3. The number of ether oxygens (including phenoxy) is 2. The van der Waals surface area contributed by atoms with E-state index in [9.17, 15) is 20.1 Å². The lowest BCUT2D eigenvalue weighted by atomic mass is 10.0. The van der Waals surface area contributed by atoms with Gasteiger partial charge >= 0.3 is 5.97 Å². The summed E-state index contributed by atoms with van der Waals surface area (Å²) in [7, 11) is 0. The molecule has 6 heteroatoms. The number of aliphatic hydroxyl groups is 3. The van der Waals surface area contributed by atoms with Crippen molar-refractivity contribution in [3.05, 3.63) is 0 Å². The average molecular weight is 459 g/mol. The molecule has 0 aromatic carbocycles. The number of hydrogen-bond donors (Lipinski definition) is 3. The SMILES string of the molecule is CCCCCCCCCCCCCCCCCCCC(=O)O[C@@H]1COC[C@@H](O)[C@@H](O)[C@@H]1O. The molecule has 1 aliphatic heterocycles. The number of hydrogen-bond acceptors (Lipinski definition) is 6. The van der Waals surface area contributed by atoms with Crippen LogP contribution in [0.5, 0.6) is 0 Å². The highest BCUT2D eigenvalue weighted by Gasteiger charge is 2.36. The van der Waals surface area contributed by atoms with Crippen molar-refractivity contribution in [2.24, 2.45) is 0 Å². The van der Waals surface area contributed by atoms with Gasteiger partial charge in [0.15, 0.2) is 6.10 Å². The summed E-state index contributed by atoms with van der Waals surface area (Å²) in [4.78, 5) is 12.0. The Morgan fingerprint density at radius 1 is 0.688 bits per heavy atom. The predicted octanol–water partition coefficient (Wildman–Crippen LogP) is 5.05. The van der Waals surface area contributed by atoms with Crippen molar-refractivity contribution >= 4 is 5.97 Å². The molecule has 1 aliphatic rings. The Kier molecular flexibility index (Phi) is 18.1. The third-order valence-electron chi connectivity index (χ3n) is 6.46. The fourth-order valence-electron chi connectivity index (χ4n) is 4.28. The van der Waals surface area contributed by atoms with Crippen LogP contribution in [-0.4, -0.2) is 58.9 Å². The molecule has 190 valence electrons. The van der Waals surface area contributed by atoms with E-state index >= 15 is 0 Å². The molecule has 6 nitrogen and oxygen atoms in total. The van der Waals surface area contributed by atoms with Crippen LogP contribution in [0.15, 0.2) is 0 Å². The van der Waals surface area contributed by atoms with Crippen molar-refractivity contribution in [2.75, 3.05) is 13.2 Å². The number of esters is 1. The maximum atomic E-state index is 12.0.